The largest absolute Gasteiger partial charge is 0.379 e. The maximum Gasteiger partial charge on any atom is 0.317 e. The Morgan fingerprint density at radius 3 is 3.05 bits per heavy atom. The molecule has 0 bridgehead atoms. The third kappa shape index (κ3) is 3.75. The summed E-state index contributed by atoms with van der Waals surface area (Å²) in [6.07, 6.45) is 0.984. The fourth-order valence-corrected chi connectivity index (χ4v) is 3.83. The SMILES string of the molecule is C[C@H](CN1CCOCC1)NC(=O)N1CCc2sccc2C1. The summed E-state index contributed by atoms with van der Waals surface area (Å²) in [5, 5.41) is 5.25. The number of hydrogen-bond donors (Lipinski definition) is 1. The molecule has 0 radical (unpaired) electrons. The number of rotatable bonds is 3. The lowest BCUT2D eigenvalue weighted by Gasteiger charge is -2.32. The average Bonchev–Trinajstić information content (AvgIpc) is 2.95. The number of nitrogens with one attached hydrogen (secondary N) is 1. The van der Waals surface area contributed by atoms with E-state index in [1.807, 2.05) is 4.90 Å². The van der Waals surface area contributed by atoms with Crippen LogP contribution in [0.3, 0.4) is 0 Å². The smallest absolute Gasteiger partial charge is 0.317 e. The van der Waals surface area contributed by atoms with Crippen molar-refractivity contribution in [2.45, 2.75) is 25.9 Å². The van der Waals surface area contributed by atoms with Gasteiger partial charge in [0.15, 0.2) is 0 Å². The van der Waals surface area contributed by atoms with Gasteiger partial charge in [0.1, 0.15) is 0 Å². The molecule has 116 valence electrons. The van der Waals surface area contributed by atoms with Gasteiger partial charge in [-0.05, 0) is 30.4 Å². The molecule has 2 aliphatic rings. The molecular formula is C15H23N3O2S. The van der Waals surface area contributed by atoms with Crippen molar-refractivity contribution in [1.82, 2.24) is 15.1 Å². The molecule has 3 rings (SSSR count). The molecule has 0 unspecified atom stereocenters. The van der Waals surface area contributed by atoms with Crippen molar-refractivity contribution >= 4 is 17.4 Å². The summed E-state index contributed by atoms with van der Waals surface area (Å²) in [6, 6.07) is 2.36. The highest BCUT2D eigenvalue weighted by Crippen LogP contribution is 2.23. The highest BCUT2D eigenvalue weighted by atomic mass is 32.1. The molecule has 6 heteroatoms. The van der Waals surface area contributed by atoms with E-state index in [-0.39, 0.29) is 12.1 Å². The van der Waals surface area contributed by atoms with Crippen LogP contribution in [0.25, 0.3) is 0 Å². The van der Waals surface area contributed by atoms with Gasteiger partial charge >= 0.3 is 6.03 Å². The zero-order chi connectivity index (χ0) is 14.7. The monoisotopic (exact) mass is 309 g/mol. The molecule has 0 saturated carbocycles. The van der Waals surface area contributed by atoms with E-state index in [0.29, 0.717) is 0 Å². The minimum absolute atomic E-state index is 0.0626. The number of morpholine rings is 1. The van der Waals surface area contributed by atoms with Crippen LogP contribution in [0.2, 0.25) is 0 Å². The Morgan fingerprint density at radius 1 is 1.43 bits per heavy atom. The Bertz CT molecular complexity index is 485. The first kappa shape index (κ1) is 14.8. The standard InChI is InChI=1S/C15H23N3O2S/c1-12(10-17-5-7-20-8-6-17)16-15(19)18-4-2-14-13(11-18)3-9-21-14/h3,9,12H,2,4-8,10-11H2,1H3,(H,16,19)/t12-/m1/s1. The Kier molecular flexibility index (Phi) is 4.77. The molecule has 1 N–H and O–H groups in total. The van der Waals surface area contributed by atoms with Crippen LogP contribution >= 0.6 is 11.3 Å². The number of hydrogen-bond acceptors (Lipinski definition) is 4. The average molecular weight is 309 g/mol. The lowest BCUT2D eigenvalue weighted by atomic mass is 10.1. The summed E-state index contributed by atoms with van der Waals surface area (Å²) in [6.45, 7) is 8.06. The van der Waals surface area contributed by atoms with Gasteiger partial charge in [-0.2, -0.15) is 0 Å². The molecule has 1 fully saturated rings. The van der Waals surface area contributed by atoms with Gasteiger partial charge in [0.2, 0.25) is 0 Å². The van der Waals surface area contributed by atoms with Crippen molar-refractivity contribution in [3.05, 3.63) is 21.9 Å². The molecule has 5 nitrogen and oxygen atoms in total. The molecule has 0 aliphatic carbocycles. The zero-order valence-corrected chi connectivity index (χ0v) is 13.3. The summed E-state index contributed by atoms with van der Waals surface area (Å²) in [4.78, 5) is 18.1. The Labute approximate surface area is 129 Å². The van der Waals surface area contributed by atoms with Gasteiger partial charge in [0.25, 0.3) is 0 Å². The van der Waals surface area contributed by atoms with Crippen molar-refractivity contribution in [2.24, 2.45) is 0 Å². The molecule has 2 aliphatic heterocycles. The third-order valence-corrected chi connectivity index (χ3v) is 5.12. The van der Waals surface area contributed by atoms with Crippen LogP contribution in [0.4, 0.5) is 4.79 Å². The summed E-state index contributed by atoms with van der Waals surface area (Å²) >= 11 is 1.80. The molecule has 0 aromatic carbocycles. The quantitative estimate of drug-likeness (QED) is 0.921. The number of ether oxygens (including phenoxy) is 1. The molecule has 1 aromatic heterocycles. The number of carbonyl (C=O) groups excluding carboxylic acids is 1. The number of fused-ring (bicyclic) bond motifs is 1. The number of urea groups is 1. The fraction of sp³-hybridized carbons (Fsp3) is 0.667. The molecule has 3 heterocycles. The molecule has 1 aromatic rings. The second kappa shape index (κ2) is 6.77. The van der Waals surface area contributed by atoms with E-state index in [0.717, 1.165) is 52.4 Å². The predicted octanol–water partition coefficient (Wildman–Crippen LogP) is 1.54. The Morgan fingerprint density at radius 2 is 2.24 bits per heavy atom. The van der Waals surface area contributed by atoms with E-state index in [4.69, 9.17) is 4.74 Å². The summed E-state index contributed by atoms with van der Waals surface area (Å²) in [7, 11) is 0. The second-order valence-electron chi connectivity index (χ2n) is 5.80. The van der Waals surface area contributed by atoms with E-state index in [2.05, 4.69) is 28.6 Å². The van der Waals surface area contributed by atoms with Crippen molar-refractivity contribution in [2.75, 3.05) is 39.4 Å². The molecule has 1 saturated heterocycles. The van der Waals surface area contributed by atoms with Crippen LogP contribution in [0.15, 0.2) is 11.4 Å². The fourth-order valence-electron chi connectivity index (χ4n) is 2.94. The molecule has 21 heavy (non-hydrogen) atoms. The van der Waals surface area contributed by atoms with Crippen LogP contribution in [0.1, 0.15) is 17.4 Å². The molecule has 2 amide bonds. The highest BCUT2D eigenvalue weighted by Gasteiger charge is 2.23. The van der Waals surface area contributed by atoms with E-state index < -0.39 is 0 Å². The number of thiophene rings is 1. The Hall–Kier alpha value is -1.11. The first-order valence-electron chi connectivity index (χ1n) is 7.63. The minimum Gasteiger partial charge on any atom is -0.379 e. The maximum atomic E-state index is 12.4. The predicted molar refractivity (Wildman–Crippen MR) is 83.7 cm³/mol. The van der Waals surface area contributed by atoms with Crippen LogP contribution in [-0.2, 0) is 17.7 Å². The van der Waals surface area contributed by atoms with E-state index in [1.54, 1.807) is 11.3 Å². The number of nitrogens with zero attached hydrogens (tertiary/aromatic N) is 2. The van der Waals surface area contributed by atoms with Crippen molar-refractivity contribution < 1.29 is 9.53 Å². The summed E-state index contributed by atoms with van der Waals surface area (Å²) in [5.74, 6) is 0. The number of carbonyl (C=O) groups is 1. The highest BCUT2D eigenvalue weighted by molar-refractivity contribution is 7.10. The van der Waals surface area contributed by atoms with Crippen LogP contribution in [-0.4, -0.2) is 61.3 Å². The first-order chi connectivity index (χ1) is 10.2. The van der Waals surface area contributed by atoms with Gasteiger partial charge in [-0.1, -0.05) is 0 Å². The lowest BCUT2D eigenvalue weighted by Crippen LogP contribution is -2.50. The van der Waals surface area contributed by atoms with Gasteiger partial charge < -0.3 is 15.0 Å². The topological polar surface area (TPSA) is 44.8 Å². The maximum absolute atomic E-state index is 12.4. The molecular weight excluding hydrogens is 286 g/mol. The van der Waals surface area contributed by atoms with Gasteiger partial charge in [0.05, 0.1) is 13.2 Å². The second-order valence-corrected chi connectivity index (χ2v) is 6.80. The van der Waals surface area contributed by atoms with E-state index in [9.17, 15) is 4.79 Å². The van der Waals surface area contributed by atoms with Crippen LogP contribution < -0.4 is 5.32 Å². The van der Waals surface area contributed by atoms with Crippen LogP contribution in [0.5, 0.6) is 0 Å². The lowest BCUT2D eigenvalue weighted by molar-refractivity contribution is 0.0346. The number of amides is 2. The first-order valence-corrected chi connectivity index (χ1v) is 8.51. The molecule has 0 spiro atoms. The van der Waals surface area contributed by atoms with E-state index in [1.165, 1.54) is 10.4 Å². The van der Waals surface area contributed by atoms with Crippen molar-refractivity contribution in [3.63, 3.8) is 0 Å². The summed E-state index contributed by atoms with van der Waals surface area (Å²) < 4.78 is 5.35. The summed E-state index contributed by atoms with van der Waals surface area (Å²) in [5.41, 5.74) is 1.31. The van der Waals surface area contributed by atoms with Crippen LogP contribution in [0, 0.1) is 0 Å². The van der Waals surface area contributed by atoms with Crippen molar-refractivity contribution in [1.29, 1.82) is 0 Å². The van der Waals surface area contributed by atoms with E-state index >= 15 is 0 Å². The minimum atomic E-state index is 0.0626. The molecule has 1 atom stereocenters. The van der Waals surface area contributed by atoms with Gasteiger partial charge in [-0.3, -0.25) is 4.90 Å². The third-order valence-electron chi connectivity index (χ3n) is 4.10. The van der Waals surface area contributed by atoms with Gasteiger partial charge in [-0.15, -0.1) is 11.3 Å². The van der Waals surface area contributed by atoms with Gasteiger partial charge in [0, 0.05) is 43.6 Å². The van der Waals surface area contributed by atoms with Crippen molar-refractivity contribution in [3.8, 4) is 0 Å². The zero-order valence-electron chi connectivity index (χ0n) is 12.5. The normalized spacial score (nSPS) is 20.9. The van der Waals surface area contributed by atoms with Gasteiger partial charge in [-0.25, -0.2) is 4.79 Å². The Balaban J connectivity index is 1.47.